The average Bonchev–Trinajstić information content (AvgIpc) is 2.46. The SMILES string of the molecule is COc1ccc(C=CC(=O)OC2CCCN(C)C2)cc1.Cl. The first-order chi connectivity index (χ1) is 9.67. The Labute approximate surface area is 132 Å². The predicted octanol–water partition coefficient (Wildman–Crippen LogP) is 2.77. The number of likely N-dealkylation sites (tertiary alicyclic amines) is 1. The zero-order valence-corrected chi connectivity index (χ0v) is 13.3. The summed E-state index contributed by atoms with van der Waals surface area (Å²) in [5.41, 5.74) is 0.948. The zero-order chi connectivity index (χ0) is 14.4. The summed E-state index contributed by atoms with van der Waals surface area (Å²) in [6.07, 6.45) is 5.29. The monoisotopic (exact) mass is 311 g/mol. The van der Waals surface area contributed by atoms with Crippen LogP contribution in [0.4, 0.5) is 0 Å². The van der Waals surface area contributed by atoms with Crippen LogP contribution in [0.15, 0.2) is 30.3 Å². The molecule has 0 aliphatic carbocycles. The number of nitrogens with zero attached hydrogens (tertiary/aromatic N) is 1. The molecule has 1 unspecified atom stereocenters. The van der Waals surface area contributed by atoms with Crippen LogP contribution in [0.25, 0.3) is 6.08 Å². The fourth-order valence-electron chi connectivity index (χ4n) is 2.30. The minimum atomic E-state index is -0.277. The van der Waals surface area contributed by atoms with Crippen LogP contribution in [0.1, 0.15) is 18.4 Å². The zero-order valence-electron chi connectivity index (χ0n) is 12.5. The predicted molar refractivity (Wildman–Crippen MR) is 85.9 cm³/mol. The van der Waals surface area contributed by atoms with Crippen LogP contribution in [0, 0.1) is 0 Å². The van der Waals surface area contributed by atoms with Gasteiger partial charge in [0, 0.05) is 12.6 Å². The van der Waals surface area contributed by atoms with Crippen LogP contribution in [0.2, 0.25) is 0 Å². The first kappa shape index (κ1) is 17.5. The number of benzene rings is 1. The summed E-state index contributed by atoms with van der Waals surface area (Å²) in [6.45, 7) is 1.90. The number of rotatable bonds is 4. The lowest BCUT2D eigenvalue weighted by molar-refractivity contribution is -0.145. The highest BCUT2D eigenvalue weighted by Gasteiger charge is 2.19. The molecular weight excluding hydrogens is 290 g/mol. The van der Waals surface area contributed by atoms with Crippen molar-refractivity contribution >= 4 is 24.5 Å². The van der Waals surface area contributed by atoms with Crippen molar-refractivity contribution in [3.05, 3.63) is 35.9 Å². The molecule has 0 aromatic heterocycles. The molecule has 0 amide bonds. The van der Waals surface area contributed by atoms with Gasteiger partial charge in [0.05, 0.1) is 7.11 Å². The Kier molecular flexibility index (Phi) is 7.26. The summed E-state index contributed by atoms with van der Waals surface area (Å²) in [5.74, 6) is 0.524. The van der Waals surface area contributed by atoms with E-state index >= 15 is 0 Å². The number of likely N-dealkylation sites (N-methyl/N-ethyl adjacent to an activating group) is 1. The van der Waals surface area contributed by atoms with Crippen LogP contribution in [-0.4, -0.2) is 44.2 Å². The number of carbonyl (C=O) groups is 1. The Morgan fingerprint density at radius 2 is 2.05 bits per heavy atom. The molecule has 116 valence electrons. The summed E-state index contributed by atoms with van der Waals surface area (Å²) in [6, 6.07) is 7.52. The second-order valence-corrected chi connectivity index (χ2v) is 5.07. The molecule has 5 heteroatoms. The molecule has 1 aliphatic rings. The maximum absolute atomic E-state index is 11.8. The van der Waals surface area contributed by atoms with E-state index in [1.165, 1.54) is 6.08 Å². The van der Waals surface area contributed by atoms with Crippen LogP contribution in [0.5, 0.6) is 5.75 Å². The number of halogens is 1. The van der Waals surface area contributed by atoms with Crippen LogP contribution in [0.3, 0.4) is 0 Å². The lowest BCUT2D eigenvalue weighted by atomic mass is 10.1. The Balaban J connectivity index is 0.00000220. The molecule has 0 N–H and O–H groups in total. The first-order valence-corrected chi connectivity index (χ1v) is 6.88. The number of methoxy groups -OCH3 is 1. The maximum Gasteiger partial charge on any atom is 0.331 e. The highest BCUT2D eigenvalue weighted by molar-refractivity contribution is 5.87. The topological polar surface area (TPSA) is 38.8 Å². The number of hydrogen-bond donors (Lipinski definition) is 0. The number of carbonyl (C=O) groups excluding carboxylic acids is 1. The fourth-order valence-corrected chi connectivity index (χ4v) is 2.30. The first-order valence-electron chi connectivity index (χ1n) is 6.88. The van der Waals surface area contributed by atoms with E-state index in [-0.39, 0.29) is 24.5 Å². The molecule has 0 spiro atoms. The smallest absolute Gasteiger partial charge is 0.331 e. The molecule has 1 saturated heterocycles. The lowest BCUT2D eigenvalue weighted by Gasteiger charge is -2.28. The van der Waals surface area contributed by atoms with Crippen molar-refractivity contribution in [1.29, 1.82) is 0 Å². The second kappa shape index (κ2) is 8.70. The molecule has 0 saturated carbocycles. The lowest BCUT2D eigenvalue weighted by Crippen LogP contribution is -2.37. The van der Waals surface area contributed by atoms with Gasteiger partial charge in [0.15, 0.2) is 0 Å². The minimum Gasteiger partial charge on any atom is -0.497 e. The van der Waals surface area contributed by atoms with E-state index in [2.05, 4.69) is 4.90 Å². The summed E-state index contributed by atoms with van der Waals surface area (Å²) < 4.78 is 10.5. The molecule has 1 heterocycles. The van der Waals surface area contributed by atoms with Gasteiger partial charge in [-0.05, 0) is 50.2 Å². The second-order valence-electron chi connectivity index (χ2n) is 5.07. The summed E-state index contributed by atoms with van der Waals surface area (Å²) >= 11 is 0. The van der Waals surface area contributed by atoms with Gasteiger partial charge in [0.1, 0.15) is 11.9 Å². The minimum absolute atomic E-state index is 0. The van der Waals surface area contributed by atoms with Crippen molar-refractivity contribution in [3.63, 3.8) is 0 Å². The molecule has 0 radical (unpaired) electrons. The Bertz CT molecular complexity index is 473. The standard InChI is InChI=1S/C16H21NO3.ClH/c1-17-11-3-4-15(12-17)20-16(18)10-7-13-5-8-14(19-2)9-6-13;/h5-10,15H,3-4,11-12H2,1-2H3;1H. The molecule has 1 fully saturated rings. The molecule has 2 rings (SSSR count). The molecule has 4 nitrogen and oxygen atoms in total. The molecule has 1 aromatic carbocycles. The third-order valence-electron chi connectivity index (χ3n) is 3.39. The van der Waals surface area contributed by atoms with E-state index in [1.54, 1.807) is 13.2 Å². The molecule has 1 aromatic rings. The van der Waals surface area contributed by atoms with Gasteiger partial charge < -0.3 is 14.4 Å². The molecule has 1 aliphatic heterocycles. The van der Waals surface area contributed by atoms with Crippen molar-refractivity contribution in [1.82, 2.24) is 4.90 Å². The van der Waals surface area contributed by atoms with E-state index in [0.717, 1.165) is 37.2 Å². The van der Waals surface area contributed by atoms with Gasteiger partial charge in [0.2, 0.25) is 0 Å². The van der Waals surface area contributed by atoms with Gasteiger partial charge >= 0.3 is 5.97 Å². The van der Waals surface area contributed by atoms with E-state index in [1.807, 2.05) is 31.3 Å². The quantitative estimate of drug-likeness (QED) is 0.633. The third kappa shape index (κ3) is 5.78. The highest BCUT2D eigenvalue weighted by atomic mass is 35.5. The van der Waals surface area contributed by atoms with Gasteiger partial charge in [-0.15, -0.1) is 12.4 Å². The number of esters is 1. The third-order valence-corrected chi connectivity index (χ3v) is 3.39. The van der Waals surface area contributed by atoms with Gasteiger partial charge in [-0.3, -0.25) is 0 Å². The van der Waals surface area contributed by atoms with E-state index in [4.69, 9.17) is 9.47 Å². The van der Waals surface area contributed by atoms with E-state index in [9.17, 15) is 4.79 Å². The van der Waals surface area contributed by atoms with E-state index < -0.39 is 0 Å². The number of piperidine rings is 1. The van der Waals surface area contributed by atoms with Crippen molar-refractivity contribution in [2.24, 2.45) is 0 Å². The molecular formula is C16H22ClNO3. The molecule has 1 atom stereocenters. The van der Waals surface area contributed by atoms with Crippen molar-refractivity contribution in [2.75, 3.05) is 27.2 Å². The summed E-state index contributed by atoms with van der Waals surface area (Å²) in [5, 5.41) is 0. The summed E-state index contributed by atoms with van der Waals surface area (Å²) in [4.78, 5) is 14.0. The summed E-state index contributed by atoms with van der Waals surface area (Å²) in [7, 11) is 3.68. The highest BCUT2D eigenvalue weighted by Crippen LogP contribution is 2.14. The molecule has 21 heavy (non-hydrogen) atoms. The maximum atomic E-state index is 11.8. The largest absolute Gasteiger partial charge is 0.497 e. The van der Waals surface area contributed by atoms with Crippen LogP contribution >= 0.6 is 12.4 Å². The van der Waals surface area contributed by atoms with Crippen molar-refractivity contribution in [2.45, 2.75) is 18.9 Å². The Morgan fingerprint density at radius 3 is 2.67 bits per heavy atom. The Hall–Kier alpha value is -1.52. The number of hydrogen-bond acceptors (Lipinski definition) is 4. The van der Waals surface area contributed by atoms with Gasteiger partial charge in [0.25, 0.3) is 0 Å². The fraction of sp³-hybridized carbons (Fsp3) is 0.438. The normalized spacial score (nSPS) is 19.0. The van der Waals surface area contributed by atoms with Crippen molar-refractivity contribution < 1.29 is 14.3 Å². The molecule has 0 bridgehead atoms. The van der Waals surface area contributed by atoms with E-state index in [0.29, 0.717) is 0 Å². The Morgan fingerprint density at radius 1 is 1.33 bits per heavy atom. The van der Waals surface area contributed by atoms with Crippen molar-refractivity contribution in [3.8, 4) is 5.75 Å². The number of ether oxygens (including phenoxy) is 2. The van der Waals surface area contributed by atoms with Crippen LogP contribution in [-0.2, 0) is 9.53 Å². The van der Waals surface area contributed by atoms with Gasteiger partial charge in [-0.1, -0.05) is 12.1 Å². The van der Waals surface area contributed by atoms with Crippen LogP contribution < -0.4 is 4.74 Å². The van der Waals surface area contributed by atoms with Gasteiger partial charge in [-0.25, -0.2) is 4.79 Å². The van der Waals surface area contributed by atoms with Gasteiger partial charge in [-0.2, -0.15) is 0 Å². The average molecular weight is 312 g/mol.